The maximum absolute atomic E-state index is 2.89. The summed E-state index contributed by atoms with van der Waals surface area (Å²) >= 11 is 0. The van der Waals surface area contributed by atoms with Crippen LogP contribution in [0.5, 0.6) is 0 Å². The molecule has 0 amide bonds. The first-order valence-corrected chi connectivity index (χ1v) is 14.9. The van der Waals surface area contributed by atoms with Gasteiger partial charge in [-0.2, -0.15) is 72.8 Å². The van der Waals surface area contributed by atoms with Crippen LogP contribution in [0.3, 0.4) is 0 Å². The van der Waals surface area contributed by atoms with E-state index in [0.717, 1.165) is 0 Å². The Labute approximate surface area is 311 Å². The van der Waals surface area contributed by atoms with Crippen molar-refractivity contribution in [1.29, 1.82) is 0 Å². The van der Waals surface area contributed by atoms with Crippen LogP contribution in [0.1, 0.15) is 45.2 Å². The van der Waals surface area contributed by atoms with Gasteiger partial charge in [0, 0.05) is 11.8 Å². The third-order valence-corrected chi connectivity index (χ3v) is 8.33. The molecular formula is C44H34Cl2Zr-4. The number of hydrogen-bond acceptors (Lipinski definition) is 0. The van der Waals surface area contributed by atoms with E-state index in [2.05, 4.69) is 127 Å². The summed E-state index contributed by atoms with van der Waals surface area (Å²) in [4.78, 5) is 0. The van der Waals surface area contributed by atoms with Crippen LogP contribution in [0.25, 0.3) is 33.7 Å². The molecule has 0 N–H and O–H groups in total. The van der Waals surface area contributed by atoms with E-state index < -0.39 is 0 Å². The molecule has 2 atom stereocenters. The Balaban J connectivity index is 0.000000319. The molecule has 0 nitrogen and oxygen atoms in total. The second-order valence-electron chi connectivity index (χ2n) is 10.8. The van der Waals surface area contributed by atoms with Gasteiger partial charge in [0.15, 0.2) is 0 Å². The summed E-state index contributed by atoms with van der Waals surface area (Å²) in [5, 5.41) is 5.43. The topological polar surface area (TPSA) is 0 Å². The minimum Gasteiger partial charge on any atom is -1.00 e. The third-order valence-electron chi connectivity index (χ3n) is 8.33. The van der Waals surface area contributed by atoms with E-state index in [1.807, 2.05) is 60.7 Å². The van der Waals surface area contributed by atoms with Crippen LogP contribution >= 0.6 is 0 Å². The summed E-state index contributed by atoms with van der Waals surface area (Å²) < 4.78 is 0. The molecule has 0 spiro atoms. The van der Waals surface area contributed by atoms with Crippen molar-refractivity contribution in [2.45, 2.75) is 11.8 Å². The van der Waals surface area contributed by atoms with E-state index >= 15 is 0 Å². The van der Waals surface area contributed by atoms with E-state index in [0.29, 0.717) is 5.92 Å². The number of halogens is 2. The number of rotatable bonds is 2. The molecule has 0 radical (unpaired) electrons. The van der Waals surface area contributed by atoms with Crippen LogP contribution in [0, 0.1) is 19.6 Å². The van der Waals surface area contributed by atoms with Gasteiger partial charge >= 0.3 is 26.2 Å². The van der Waals surface area contributed by atoms with E-state index in [1.165, 1.54) is 54.9 Å². The summed E-state index contributed by atoms with van der Waals surface area (Å²) in [7, 11) is 0. The molecule has 0 bridgehead atoms. The van der Waals surface area contributed by atoms with Gasteiger partial charge in [-0.05, 0) is 22.3 Å². The first-order valence-electron chi connectivity index (χ1n) is 14.9. The average Bonchev–Trinajstić information content (AvgIpc) is 3.82. The molecule has 47 heavy (non-hydrogen) atoms. The maximum Gasteiger partial charge on any atom is 2.00 e. The Kier molecular flexibility index (Phi) is 14.3. The first kappa shape index (κ1) is 37.6. The smallest absolute Gasteiger partial charge is 1.00 e. The molecule has 9 rings (SSSR count). The number of benzene rings is 6. The second-order valence-corrected chi connectivity index (χ2v) is 10.8. The molecule has 0 heterocycles. The molecular weight excluding hydrogens is 691 g/mol. The standard InChI is InChI=1S/C31H21.2C6H5.CH3.2ClH.Zr/c1-4-10-23-20(7-1)13-15-26(23)29-18-17-27-25-12-6-3-9-22(25)19-30(27)31(29)28-16-14-21-8-2-5-11-24(21)28;2*1-2-4-6-5-3-1;;;;/h1-19,26,28H;2*1-5H;1H3;2*1H;/q4*-1;;;+2/p-2. The van der Waals surface area contributed by atoms with Crippen molar-refractivity contribution in [2.75, 3.05) is 0 Å². The Bertz CT molecular complexity index is 1960. The zero-order valence-electron chi connectivity index (χ0n) is 26.2. The molecule has 7 aromatic rings. The summed E-state index contributed by atoms with van der Waals surface area (Å²) in [5.74, 6) is 0.586. The largest absolute Gasteiger partial charge is 2.00 e. The van der Waals surface area contributed by atoms with Crippen LogP contribution < -0.4 is 24.8 Å². The predicted molar refractivity (Wildman–Crippen MR) is 189 cm³/mol. The monoisotopic (exact) mass is 722 g/mol. The average molecular weight is 725 g/mol. The van der Waals surface area contributed by atoms with E-state index in [9.17, 15) is 0 Å². The van der Waals surface area contributed by atoms with Gasteiger partial charge in [0.05, 0.1) is 0 Å². The summed E-state index contributed by atoms with van der Waals surface area (Å²) in [6, 6.07) is 58.6. The second kappa shape index (κ2) is 17.9. The number of fused-ring (bicyclic) bond motifs is 5. The summed E-state index contributed by atoms with van der Waals surface area (Å²) in [5.41, 5.74) is 8.39. The molecule has 0 aliphatic heterocycles. The number of hydrogen-bond donors (Lipinski definition) is 0. The van der Waals surface area contributed by atoms with Crippen molar-refractivity contribution in [3.05, 3.63) is 217 Å². The fraction of sp³-hybridized carbons (Fsp3) is 0.0455. The van der Waals surface area contributed by atoms with Gasteiger partial charge in [0.1, 0.15) is 0 Å². The fourth-order valence-electron chi connectivity index (χ4n) is 6.39. The Morgan fingerprint density at radius 1 is 0.468 bits per heavy atom. The molecule has 0 fully saturated rings. The van der Waals surface area contributed by atoms with Gasteiger partial charge in [0.2, 0.25) is 0 Å². The minimum absolute atomic E-state index is 0. The molecule has 2 aliphatic carbocycles. The molecule has 3 heteroatoms. The van der Waals surface area contributed by atoms with Crippen molar-refractivity contribution in [3.8, 4) is 0 Å². The maximum atomic E-state index is 2.89. The summed E-state index contributed by atoms with van der Waals surface area (Å²) in [6.45, 7) is 0. The predicted octanol–water partition coefficient (Wildman–Crippen LogP) is 5.46. The van der Waals surface area contributed by atoms with Gasteiger partial charge in [-0.1, -0.05) is 114 Å². The van der Waals surface area contributed by atoms with Gasteiger partial charge in [-0.3, -0.25) is 0 Å². The van der Waals surface area contributed by atoms with Gasteiger partial charge in [-0.25, -0.2) is 0 Å². The minimum atomic E-state index is 0. The van der Waals surface area contributed by atoms with Crippen LogP contribution in [0.15, 0.2) is 164 Å². The van der Waals surface area contributed by atoms with Crippen LogP contribution in [-0.2, 0) is 26.2 Å². The van der Waals surface area contributed by atoms with E-state index in [4.69, 9.17) is 0 Å². The summed E-state index contributed by atoms with van der Waals surface area (Å²) in [6.07, 6.45) is 9.35. The molecule has 2 aliphatic rings. The van der Waals surface area contributed by atoms with Gasteiger partial charge < -0.3 is 32.2 Å². The third kappa shape index (κ3) is 7.99. The molecule has 0 saturated heterocycles. The van der Waals surface area contributed by atoms with Crippen molar-refractivity contribution in [1.82, 2.24) is 0 Å². The zero-order valence-corrected chi connectivity index (χ0v) is 30.1. The van der Waals surface area contributed by atoms with E-state index in [1.54, 1.807) is 0 Å². The normalized spacial score (nSPS) is 14.4. The Morgan fingerprint density at radius 3 is 1.53 bits per heavy atom. The van der Waals surface area contributed by atoms with Crippen molar-refractivity contribution in [2.24, 2.45) is 0 Å². The first-order chi connectivity index (χ1) is 21.4. The Hall–Kier alpha value is -3.87. The number of allylic oxidation sites excluding steroid dienone is 2. The quantitative estimate of drug-likeness (QED) is 0.208. The van der Waals surface area contributed by atoms with Crippen molar-refractivity contribution >= 4 is 33.7 Å². The van der Waals surface area contributed by atoms with Crippen molar-refractivity contribution < 1.29 is 51.0 Å². The van der Waals surface area contributed by atoms with Crippen LogP contribution in [0.2, 0.25) is 0 Å². The SMILES string of the molecule is C1=CC(c2ccc3c([cH-]c4ccccc43)c2C2C=Cc3ccccc32)c2ccccc21.[CH3-].[Cl-].[Cl-].[Zr+2].[c-]1ccccc1.[c-]1ccccc1. The molecule has 232 valence electrons. The molecule has 2 unspecified atom stereocenters. The fourth-order valence-corrected chi connectivity index (χ4v) is 6.39. The van der Waals surface area contributed by atoms with Crippen molar-refractivity contribution in [3.63, 3.8) is 0 Å². The molecule has 0 aromatic heterocycles. The van der Waals surface area contributed by atoms with Gasteiger partial charge in [0.25, 0.3) is 0 Å². The Morgan fingerprint density at radius 2 is 0.979 bits per heavy atom. The molecule has 7 aromatic carbocycles. The van der Waals surface area contributed by atoms with Crippen LogP contribution in [0.4, 0.5) is 0 Å². The van der Waals surface area contributed by atoms with Crippen LogP contribution in [-0.4, -0.2) is 0 Å². The zero-order chi connectivity index (χ0) is 28.8. The van der Waals surface area contributed by atoms with E-state index in [-0.39, 0.29) is 64.4 Å². The molecule has 0 saturated carbocycles. The van der Waals surface area contributed by atoms with Gasteiger partial charge in [-0.15, -0.1) is 33.7 Å².